The predicted molar refractivity (Wildman–Crippen MR) is 82.2 cm³/mol. The van der Waals surface area contributed by atoms with Crippen molar-refractivity contribution in [2.75, 3.05) is 31.2 Å². The van der Waals surface area contributed by atoms with Crippen LogP contribution in [0.3, 0.4) is 0 Å². The highest BCUT2D eigenvalue weighted by Crippen LogP contribution is 2.26. The van der Waals surface area contributed by atoms with E-state index in [0.29, 0.717) is 37.8 Å². The van der Waals surface area contributed by atoms with Crippen LogP contribution in [0.25, 0.3) is 11.1 Å². The summed E-state index contributed by atoms with van der Waals surface area (Å²) in [6, 6.07) is 7.62. The minimum atomic E-state index is -1.05. The van der Waals surface area contributed by atoms with E-state index >= 15 is 0 Å². The van der Waals surface area contributed by atoms with Crippen molar-refractivity contribution in [3.8, 4) is 11.1 Å². The zero-order valence-corrected chi connectivity index (χ0v) is 12.3. The highest BCUT2D eigenvalue weighted by atomic mass is 16.5. The third-order valence-corrected chi connectivity index (χ3v) is 3.71. The van der Waals surface area contributed by atoms with Gasteiger partial charge in [0.1, 0.15) is 0 Å². The Hall–Kier alpha value is -2.47. The summed E-state index contributed by atoms with van der Waals surface area (Å²) >= 11 is 0. The van der Waals surface area contributed by atoms with Crippen LogP contribution in [-0.2, 0) is 4.74 Å². The number of anilines is 1. The van der Waals surface area contributed by atoms with Crippen LogP contribution in [0.4, 0.5) is 5.95 Å². The molecule has 0 atom stereocenters. The number of carbonyl (C=O) groups is 1. The van der Waals surface area contributed by atoms with Crippen molar-refractivity contribution in [2.24, 2.45) is 0 Å². The van der Waals surface area contributed by atoms with Crippen molar-refractivity contribution in [3.63, 3.8) is 0 Å². The standard InChI is InChI=1S/C16H17N3O3/c1-11-4-2-3-5-12(11)13-10-17-16(18-14(13)15(20)21)19-6-8-22-9-7-19/h2-5,10H,6-9H2,1H3,(H,20,21). The molecule has 0 radical (unpaired) electrons. The Balaban J connectivity index is 2.04. The molecular formula is C16H17N3O3. The topological polar surface area (TPSA) is 75.5 Å². The van der Waals surface area contributed by atoms with Crippen LogP contribution in [0.2, 0.25) is 0 Å². The summed E-state index contributed by atoms with van der Waals surface area (Å²) in [6.07, 6.45) is 1.60. The van der Waals surface area contributed by atoms with E-state index in [1.165, 1.54) is 0 Å². The molecule has 1 aromatic heterocycles. The number of aromatic carboxylic acids is 1. The molecule has 3 rings (SSSR count). The van der Waals surface area contributed by atoms with Crippen LogP contribution in [0.5, 0.6) is 0 Å². The Morgan fingerprint density at radius 2 is 1.95 bits per heavy atom. The van der Waals surface area contributed by atoms with Gasteiger partial charge in [-0.3, -0.25) is 0 Å². The summed E-state index contributed by atoms with van der Waals surface area (Å²) in [5.74, 6) is -0.604. The number of aryl methyl sites for hydroxylation is 1. The first kappa shape index (κ1) is 14.5. The Kier molecular flexibility index (Phi) is 4.02. The molecule has 1 aliphatic heterocycles. The highest BCUT2D eigenvalue weighted by molar-refractivity contribution is 5.94. The predicted octanol–water partition coefficient (Wildman–Crippen LogP) is 1.99. The summed E-state index contributed by atoms with van der Waals surface area (Å²) in [7, 11) is 0. The second-order valence-electron chi connectivity index (χ2n) is 5.15. The van der Waals surface area contributed by atoms with E-state index in [1.54, 1.807) is 6.20 Å². The van der Waals surface area contributed by atoms with Crippen LogP contribution in [0.15, 0.2) is 30.5 Å². The summed E-state index contributed by atoms with van der Waals surface area (Å²) in [5.41, 5.74) is 2.41. The number of rotatable bonds is 3. The van der Waals surface area contributed by atoms with E-state index < -0.39 is 5.97 Å². The monoisotopic (exact) mass is 299 g/mol. The lowest BCUT2D eigenvalue weighted by Crippen LogP contribution is -2.37. The van der Waals surface area contributed by atoms with Gasteiger partial charge in [-0.05, 0) is 18.1 Å². The van der Waals surface area contributed by atoms with Gasteiger partial charge in [0.2, 0.25) is 5.95 Å². The van der Waals surface area contributed by atoms with Crippen molar-refractivity contribution in [3.05, 3.63) is 41.7 Å². The van der Waals surface area contributed by atoms with Crippen LogP contribution in [-0.4, -0.2) is 47.3 Å². The van der Waals surface area contributed by atoms with Crippen LogP contribution in [0, 0.1) is 6.92 Å². The summed E-state index contributed by atoms with van der Waals surface area (Å²) in [5, 5.41) is 9.51. The van der Waals surface area contributed by atoms with Gasteiger partial charge in [0.15, 0.2) is 5.69 Å². The lowest BCUT2D eigenvalue weighted by molar-refractivity contribution is 0.0691. The number of morpholine rings is 1. The molecule has 114 valence electrons. The zero-order chi connectivity index (χ0) is 15.5. The minimum Gasteiger partial charge on any atom is -0.476 e. The average molecular weight is 299 g/mol. The summed E-state index contributed by atoms with van der Waals surface area (Å²) in [4.78, 5) is 22.2. The molecule has 6 heteroatoms. The molecule has 2 aromatic rings. The van der Waals surface area contributed by atoms with E-state index in [4.69, 9.17) is 4.74 Å². The molecule has 0 aliphatic carbocycles. The largest absolute Gasteiger partial charge is 0.476 e. The second-order valence-corrected chi connectivity index (χ2v) is 5.15. The van der Waals surface area contributed by atoms with Gasteiger partial charge in [0.05, 0.1) is 13.2 Å². The van der Waals surface area contributed by atoms with Crippen LogP contribution in [0.1, 0.15) is 16.1 Å². The van der Waals surface area contributed by atoms with Gasteiger partial charge < -0.3 is 14.7 Å². The van der Waals surface area contributed by atoms with Gasteiger partial charge in [-0.1, -0.05) is 24.3 Å². The number of ether oxygens (including phenoxy) is 1. The number of aromatic nitrogens is 2. The fourth-order valence-corrected chi connectivity index (χ4v) is 2.52. The molecule has 1 N–H and O–H groups in total. The molecule has 2 heterocycles. The fraction of sp³-hybridized carbons (Fsp3) is 0.312. The Morgan fingerprint density at radius 3 is 2.64 bits per heavy atom. The zero-order valence-electron chi connectivity index (χ0n) is 12.3. The van der Waals surface area contributed by atoms with Crippen LogP contribution >= 0.6 is 0 Å². The molecule has 0 saturated carbocycles. The Morgan fingerprint density at radius 1 is 1.23 bits per heavy atom. The van der Waals surface area contributed by atoms with Crippen molar-refractivity contribution in [2.45, 2.75) is 6.92 Å². The SMILES string of the molecule is Cc1ccccc1-c1cnc(N2CCOCC2)nc1C(=O)O. The maximum Gasteiger partial charge on any atom is 0.355 e. The first-order valence-corrected chi connectivity index (χ1v) is 7.16. The van der Waals surface area contributed by atoms with Gasteiger partial charge in [-0.15, -0.1) is 0 Å². The summed E-state index contributed by atoms with van der Waals surface area (Å²) < 4.78 is 5.29. The molecule has 1 aliphatic rings. The number of carboxylic acids is 1. The third-order valence-electron chi connectivity index (χ3n) is 3.71. The number of carboxylic acid groups (broad SMARTS) is 1. The molecule has 6 nitrogen and oxygen atoms in total. The molecule has 0 amide bonds. The number of nitrogens with zero attached hydrogens (tertiary/aromatic N) is 3. The van der Waals surface area contributed by atoms with E-state index in [0.717, 1.165) is 11.1 Å². The smallest absolute Gasteiger partial charge is 0.355 e. The molecule has 22 heavy (non-hydrogen) atoms. The third kappa shape index (κ3) is 2.78. The lowest BCUT2D eigenvalue weighted by atomic mass is 10.0. The molecular weight excluding hydrogens is 282 g/mol. The maximum absolute atomic E-state index is 11.6. The molecule has 0 unspecified atom stereocenters. The van der Waals surface area contributed by atoms with Gasteiger partial charge in [0.25, 0.3) is 0 Å². The quantitative estimate of drug-likeness (QED) is 0.934. The summed E-state index contributed by atoms with van der Waals surface area (Å²) in [6.45, 7) is 4.49. The van der Waals surface area contributed by atoms with Gasteiger partial charge in [0, 0.05) is 24.8 Å². The van der Waals surface area contributed by atoms with Crippen molar-refractivity contribution in [1.29, 1.82) is 0 Å². The van der Waals surface area contributed by atoms with E-state index in [1.807, 2.05) is 36.1 Å². The van der Waals surface area contributed by atoms with Crippen molar-refractivity contribution < 1.29 is 14.6 Å². The average Bonchev–Trinajstić information content (AvgIpc) is 2.55. The van der Waals surface area contributed by atoms with Crippen molar-refractivity contribution >= 4 is 11.9 Å². The first-order chi connectivity index (χ1) is 10.7. The highest BCUT2D eigenvalue weighted by Gasteiger charge is 2.20. The van der Waals surface area contributed by atoms with E-state index in [-0.39, 0.29) is 5.69 Å². The second kappa shape index (κ2) is 6.11. The molecule has 1 fully saturated rings. The maximum atomic E-state index is 11.6. The van der Waals surface area contributed by atoms with Gasteiger partial charge in [-0.25, -0.2) is 14.8 Å². The Bertz CT molecular complexity index is 697. The van der Waals surface area contributed by atoms with E-state index in [2.05, 4.69) is 9.97 Å². The minimum absolute atomic E-state index is 0.0331. The van der Waals surface area contributed by atoms with E-state index in [9.17, 15) is 9.90 Å². The number of hydrogen-bond donors (Lipinski definition) is 1. The molecule has 0 bridgehead atoms. The Labute approximate surface area is 128 Å². The molecule has 1 saturated heterocycles. The van der Waals surface area contributed by atoms with Crippen molar-refractivity contribution in [1.82, 2.24) is 9.97 Å². The van der Waals surface area contributed by atoms with Gasteiger partial charge >= 0.3 is 5.97 Å². The fourth-order valence-electron chi connectivity index (χ4n) is 2.52. The first-order valence-electron chi connectivity index (χ1n) is 7.16. The van der Waals surface area contributed by atoms with Gasteiger partial charge in [-0.2, -0.15) is 0 Å². The number of hydrogen-bond acceptors (Lipinski definition) is 5. The lowest BCUT2D eigenvalue weighted by Gasteiger charge is -2.27. The van der Waals surface area contributed by atoms with Crippen LogP contribution < -0.4 is 4.90 Å². The molecule has 0 spiro atoms. The molecule has 1 aromatic carbocycles. The number of benzene rings is 1. The normalized spacial score (nSPS) is 14.9.